The van der Waals surface area contributed by atoms with Crippen molar-refractivity contribution in [2.45, 2.75) is 25.2 Å². The van der Waals surface area contributed by atoms with E-state index >= 15 is 0 Å². The van der Waals surface area contributed by atoms with Crippen LogP contribution in [0.4, 0.5) is 4.39 Å². The van der Waals surface area contributed by atoms with Crippen LogP contribution in [0, 0.1) is 0 Å². The minimum atomic E-state index is -2.11. The quantitative estimate of drug-likeness (QED) is 0.458. The molecule has 76 valence electrons. The first-order chi connectivity index (χ1) is 6.02. The lowest BCUT2D eigenvalue weighted by atomic mass is 10.1. The Labute approximate surface area is 74.6 Å². The Bertz CT molecular complexity index is 187. The molecule has 0 aliphatic rings. The second kappa shape index (κ2) is 5.60. The van der Waals surface area contributed by atoms with Crippen LogP contribution in [0.1, 0.15) is 6.92 Å². The van der Waals surface area contributed by atoms with Gasteiger partial charge in [-0.25, -0.2) is 4.39 Å². The molecule has 0 aromatic rings. The maximum absolute atomic E-state index is 12.5. The topological polar surface area (TPSA) is 86.6 Å². The Balaban J connectivity index is 4.21. The van der Waals surface area contributed by atoms with Gasteiger partial charge in [-0.3, -0.25) is 4.79 Å². The maximum Gasteiger partial charge on any atom is 0.217 e. The molecule has 0 saturated heterocycles. The van der Waals surface area contributed by atoms with Crippen molar-refractivity contribution in [3.05, 3.63) is 0 Å². The average molecular weight is 193 g/mol. The second-order valence-corrected chi connectivity index (χ2v) is 2.56. The van der Waals surface area contributed by atoms with E-state index in [1.807, 2.05) is 0 Å². The van der Waals surface area contributed by atoms with Crippen molar-refractivity contribution in [3.63, 3.8) is 0 Å². The first-order valence-electron chi connectivity index (χ1n) is 3.68. The summed E-state index contributed by atoms with van der Waals surface area (Å²) in [5.74, 6) is -0.517. The predicted octanol–water partition coefficient (Wildman–Crippen LogP) is -1.62. The smallest absolute Gasteiger partial charge is 0.217 e. The molecule has 0 aliphatic carbocycles. The minimum Gasteiger partial charge on any atom is -0.394 e. The van der Waals surface area contributed by atoms with Crippen LogP contribution in [-0.2, 0) is 9.59 Å². The van der Waals surface area contributed by atoms with Gasteiger partial charge >= 0.3 is 0 Å². The standard InChI is InChI=1S/C7H12FNO4/c1-4(12)9-6(3-11)7(13)5(8)2-10/h2,5-7,11,13H,3H2,1H3,(H,9,12)/t5-,6-,7+/m1/s1. The fourth-order valence-electron chi connectivity index (χ4n) is 0.803. The lowest BCUT2D eigenvalue weighted by molar-refractivity contribution is -0.124. The second-order valence-electron chi connectivity index (χ2n) is 2.56. The van der Waals surface area contributed by atoms with Gasteiger partial charge in [0, 0.05) is 6.92 Å². The largest absolute Gasteiger partial charge is 0.394 e. The molecule has 0 unspecified atom stereocenters. The van der Waals surface area contributed by atoms with Gasteiger partial charge in [0.05, 0.1) is 12.6 Å². The van der Waals surface area contributed by atoms with Crippen molar-refractivity contribution in [2.24, 2.45) is 0 Å². The van der Waals surface area contributed by atoms with Crippen molar-refractivity contribution < 1.29 is 24.2 Å². The number of aliphatic hydroxyl groups is 2. The number of aliphatic hydroxyl groups excluding tert-OH is 2. The molecule has 13 heavy (non-hydrogen) atoms. The zero-order valence-corrected chi connectivity index (χ0v) is 7.11. The number of halogens is 1. The van der Waals surface area contributed by atoms with Gasteiger partial charge in [0.15, 0.2) is 12.5 Å². The number of alkyl halides is 1. The number of amides is 1. The molecule has 0 aliphatic heterocycles. The molecule has 1 amide bonds. The van der Waals surface area contributed by atoms with Gasteiger partial charge in [-0.05, 0) is 0 Å². The van der Waals surface area contributed by atoms with E-state index < -0.39 is 30.8 Å². The Kier molecular flexibility index (Phi) is 5.17. The van der Waals surface area contributed by atoms with Crippen LogP contribution in [0.25, 0.3) is 0 Å². The molecule has 3 atom stereocenters. The van der Waals surface area contributed by atoms with Gasteiger partial charge in [0.2, 0.25) is 5.91 Å². The molecule has 0 aromatic heterocycles. The highest BCUT2D eigenvalue weighted by atomic mass is 19.1. The summed E-state index contributed by atoms with van der Waals surface area (Å²) < 4.78 is 12.5. The van der Waals surface area contributed by atoms with Crippen LogP contribution in [0.5, 0.6) is 0 Å². The van der Waals surface area contributed by atoms with Gasteiger partial charge in [0.25, 0.3) is 0 Å². The minimum absolute atomic E-state index is 0.0882. The van der Waals surface area contributed by atoms with E-state index in [0.717, 1.165) is 6.92 Å². The molecule has 0 heterocycles. The summed E-state index contributed by atoms with van der Waals surface area (Å²) in [7, 11) is 0. The Morgan fingerprint density at radius 3 is 2.54 bits per heavy atom. The first-order valence-corrected chi connectivity index (χ1v) is 3.68. The van der Waals surface area contributed by atoms with E-state index in [0.29, 0.717) is 0 Å². The third-order valence-corrected chi connectivity index (χ3v) is 1.45. The molecule has 0 bridgehead atoms. The maximum atomic E-state index is 12.5. The third-order valence-electron chi connectivity index (χ3n) is 1.45. The SMILES string of the molecule is CC(=O)N[C@H](CO)[C@@H](O)[C@H](F)C=O. The Morgan fingerprint density at radius 1 is 1.69 bits per heavy atom. The summed E-state index contributed by atoms with van der Waals surface area (Å²) in [6.07, 6.45) is -3.91. The Hall–Kier alpha value is -1.01. The van der Waals surface area contributed by atoms with Crippen molar-refractivity contribution in [1.29, 1.82) is 0 Å². The van der Waals surface area contributed by atoms with Crippen LogP contribution in [0.15, 0.2) is 0 Å². The molecular formula is C7H12FNO4. The predicted molar refractivity (Wildman–Crippen MR) is 41.7 cm³/mol. The number of nitrogens with one attached hydrogen (secondary N) is 1. The van der Waals surface area contributed by atoms with Gasteiger partial charge in [-0.1, -0.05) is 0 Å². The fourth-order valence-corrected chi connectivity index (χ4v) is 0.803. The van der Waals surface area contributed by atoms with Crippen LogP contribution in [-0.4, -0.2) is 47.3 Å². The summed E-state index contributed by atoms with van der Waals surface area (Å²) in [6.45, 7) is 0.526. The van der Waals surface area contributed by atoms with Crippen molar-refractivity contribution in [2.75, 3.05) is 6.61 Å². The zero-order valence-electron chi connectivity index (χ0n) is 7.11. The summed E-state index contributed by atoms with van der Waals surface area (Å²) in [5.41, 5.74) is 0. The van der Waals surface area contributed by atoms with Crippen molar-refractivity contribution >= 4 is 12.2 Å². The van der Waals surface area contributed by atoms with E-state index in [1.165, 1.54) is 0 Å². The molecule has 0 saturated carbocycles. The fraction of sp³-hybridized carbons (Fsp3) is 0.714. The lowest BCUT2D eigenvalue weighted by Gasteiger charge is -2.21. The van der Waals surface area contributed by atoms with Crippen LogP contribution >= 0.6 is 0 Å². The molecular weight excluding hydrogens is 181 g/mol. The molecule has 0 aromatic carbocycles. The average Bonchev–Trinajstić information content (AvgIpc) is 2.11. The number of hydrogen-bond donors (Lipinski definition) is 3. The molecule has 5 nitrogen and oxygen atoms in total. The summed E-state index contributed by atoms with van der Waals surface area (Å²) in [5, 5.41) is 19.8. The van der Waals surface area contributed by atoms with Crippen LogP contribution in [0.2, 0.25) is 0 Å². The first kappa shape index (κ1) is 12.0. The van der Waals surface area contributed by atoms with E-state index in [2.05, 4.69) is 5.32 Å². The van der Waals surface area contributed by atoms with Crippen molar-refractivity contribution in [1.82, 2.24) is 5.32 Å². The molecule has 0 radical (unpaired) electrons. The van der Waals surface area contributed by atoms with Crippen molar-refractivity contribution in [3.8, 4) is 0 Å². The number of aldehydes is 1. The third kappa shape index (κ3) is 3.95. The van der Waals surface area contributed by atoms with E-state index in [4.69, 9.17) is 10.2 Å². The molecule has 6 heteroatoms. The van der Waals surface area contributed by atoms with Crippen LogP contribution in [0.3, 0.4) is 0 Å². The van der Waals surface area contributed by atoms with Gasteiger partial charge < -0.3 is 20.3 Å². The summed E-state index contributed by atoms with van der Waals surface area (Å²) in [6, 6.07) is -1.15. The Morgan fingerprint density at radius 2 is 2.23 bits per heavy atom. The van der Waals surface area contributed by atoms with Gasteiger partial charge in [0.1, 0.15) is 6.10 Å². The molecule has 0 fully saturated rings. The lowest BCUT2D eigenvalue weighted by Crippen LogP contribution is -2.49. The molecule has 0 rings (SSSR count). The highest BCUT2D eigenvalue weighted by Gasteiger charge is 2.27. The number of carbonyl (C=O) groups excluding carboxylic acids is 2. The highest BCUT2D eigenvalue weighted by Crippen LogP contribution is 2.01. The number of carbonyl (C=O) groups is 2. The monoisotopic (exact) mass is 193 g/mol. The molecule has 0 spiro atoms. The number of hydrogen-bond acceptors (Lipinski definition) is 4. The van der Waals surface area contributed by atoms with E-state index in [9.17, 15) is 14.0 Å². The normalized spacial score (nSPS) is 17.2. The molecule has 3 N–H and O–H groups in total. The van der Waals surface area contributed by atoms with Gasteiger partial charge in [-0.2, -0.15) is 0 Å². The van der Waals surface area contributed by atoms with E-state index in [1.54, 1.807) is 0 Å². The number of rotatable bonds is 5. The van der Waals surface area contributed by atoms with Crippen LogP contribution < -0.4 is 5.32 Å². The summed E-state index contributed by atoms with van der Waals surface area (Å²) >= 11 is 0. The highest BCUT2D eigenvalue weighted by molar-refractivity contribution is 5.73. The zero-order chi connectivity index (χ0) is 10.4. The summed E-state index contributed by atoms with van der Waals surface area (Å²) in [4.78, 5) is 20.4. The van der Waals surface area contributed by atoms with E-state index in [-0.39, 0.29) is 6.29 Å². The van der Waals surface area contributed by atoms with Gasteiger partial charge in [-0.15, -0.1) is 0 Å².